The lowest BCUT2D eigenvalue weighted by Gasteiger charge is -2.48. The summed E-state index contributed by atoms with van der Waals surface area (Å²) < 4.78 is 26.9. The van der Waals surface area contributed by atoms with Gasteiger partial charge in [0.1, 0.15) is 73.2 Å². The fourth-order valence-electron chi connectivity index (χ4n) is 4.46. The van der Waals surface area contributed by atoms with Crippen LogP contribution in [0.1, 0.15) is 6.92 Å². The standard InChI is InChI=1S/C20H35NO16/c1-5(25)21-9-17(11(27)7(3-23)33-18(9)32)37-20-15(31)13(29)16(8(4-24)35-20)36-19-14(30)12(28)10(26)6(2-22)34-19/h6-20,22-24,26-32H,2-4H2,1H3,(H,21,25)/t6-,7-,8-,9-,10+,11+,12+,13-,14-,15-,16+,17-,18?,19-,20+/m1/s1. The second-order valence-electron chi connectivity index (χ2n) is 9.07. The molecule has 0 aliphatic carbocycles. The molecule has 3 aliphatic heterocycles. The lowest BCUT2D eigenvalue weighted by molar-refractivity contribution is -0.372. The molecule has 0 spiro atoms. The zero-order valence-electron chi connectivity index (χ0n) is 19.7. The molecule has 3 saturated heterocycles. The molecular weight excluding hydrogens is 510 g/mol. The smallest absolute Gasteiger partial charge is 0.217 e. The minimum atomic E-state index is -1.93. The van der Waals surface area contributed by atoms with Crippen molar-refractivity contribution < 1.29 is 79.5 Å². The molecule has 3 rings (SSSR count). The van der Waals surface area contributed by atoms with Gasteiger partial charge in [-0.3, -0.25) is 4.79 Å². The number of hydrogen-bond donors (Lipinski definition) is 11. The largest absolute Gasteiger partial charge is 0.394 e. The predicted molar refractivity (Wildman–Crippen MR) is 113 cm³/mol. The topological polar surface area (TPSA) is 278 Å². The van der Waals surface area contributed by atoms with E-state index < -0.39 is 118 Å². The van der Waals surface area contributed by atoms with Crippen molar-refractivity contribution in [1.82, 2.24) is 5.32 Å². The molecule has 11 N–H and O–H groups in total. The van der Waals surface area contributed by atoms with Crippen molar-refractivity contribution in [3.05, 3.63) is 0 Å². The summed E-state index contributed by atoms with van der Waals surface area (Å²) >= 11 is 0. The molecule has 0 aromatic carbocycles. The Bertz CT molecular complexity index is 743. The summed E-state index contributed by atoms with van der Waals surface area (Å²) in [5.41, 5.74) is 0. The van der Waals surface area contributed by atoms with E-state index in [9.17, 15) is 55.9 Å². The van der Waals surface area contributed by atoms with E-state index in [2.05, 4.69) is 5.32 Å². The Labute approximate surface area is 210 Å². The van der Waals surface area contributed by atoms with Crippen LogP contribution in [0.25, 0.3) is 0 Å². The van der Waals surface area contributed by atoms with Crippen molar-refractivity contribution in [3.8, 4) is 0 Å². The molecule has 0 aromatic heterocycles. The lowest BCUT2D eigenvalue weighted by atomic mass is 9.95. The van der Waals surface area contributed by atoms with E-state index >= 15 is 0 Å². The van der Waals surface area contributed by atoms with Gasteiger partial charge >= 0.3 is 0 Å². The predicted octanol–water partition coefficient (Wildman–Crippen LogP) is -7.43. The molecule has 3 fully saturated rings. The van der Waals surface area contributed by atoms with Gasteiger partial charge in [0, 0.05) is 6.92 Å². The van der Waals surface area contributed by atoms with Crippen LogP contribution >= 0.6 is 0 Å². The Morgan fingerprint density at radius 1 is 0.649 bits per heavy atom. The van der Waals surface area contributed by atoms with Gasteiger partial charge in [-0.2, -0.15) is 0 Å². The molecule has 1 unspecified atom stereocenters. The van der Waals surface area contributed by atoms with E-state index in [-0.39, 0.29) is 0 Å². The molecule has 0 aromatic rings. The second kappa shape index (κ2) is 12.8. The molecule has 17 heteroatoms. The van der Waals surface area contributed by atoms with E-state index in [1.165, 1.54) is 0 Å². The maximum absolute atomic E-state index is 11.6. The highest BCUT2D eigenvalue weighted by molar-refractivity contribution is 5.73. The highest BCUT2D eigenvalue weighted by Gasteiger charge is 2.53. The quantitative estimate of drug-likeness (QED) is 0.135. The van der Waals surface area contributed by atoms with E-state index in [0.29, 0.717) is 0 Å². The molecule has 15 atom stereocenters. The number of amides is 1. The van der Waals surface area contributed by atoms with E-state index in [1.807, 2.05) is 0 Å². The van der Waals surface area contributed by atoms with Crippen LogP contribution in [0.4, 0.5) is 0 Å². The highest BCUT2D eigenvalue weighted by Crippen LogP contribution is 2.32. The minimum Gasteiger partial charge on any atom is -0.394 e. The molecule has 3 aliphatic rings. The van der Waals surface area contributed by atoms with E-state index in [0.717, 1.165) is 6.92 Å². The molecule has 17 nitrogen and oxygen atoms in total. The van der Waals surface area contributed by atoms with Crippen LogP contribution in [0.15, 0.2) is 0 Å². The summed E-state index contributed by atoms with van der Waals surface area (Å²) in [5, 5.41) is 103. The summed E-state index contributed by atoms with van der Waals surface area (Å²) in [6.45, 7) is -1.21. The SMILES string of the molecule is CC(=O)N[C@H]1C(O)O[C@H](CO)[C@H](O)[C@@H]1O[C@@H]1O[C@H](CO)[C@H](O[C@H]2O[C@H](CO)[C@H](O)[C@H](O)[C@H]2O)[C@H](O)[C@H]1O. The van der Waals surface area contributed by atoms with Crippen molar-refractivity contribution in [2.75, 3.05) is 19.8 Å². The van der Waals surface area contributed by atoms with Gasteiger partial charge in [-0.15, -0.1) is 0 Å². The summed E-state index contributed by atoms with van der Waals surface area (Å²) in [4.78, 5) is 11.6. The van der Waals surface area contributed by atoms with Crippen LogP contribution in [0.2, 0.25) is 0 Å². The van der Waals surface area contributed by atoms with Crippen LogP contribution in [-0.4, -0.2) is 169 Å². The van der Waals surface area contributed by atoms with Gasteiger partial charge in [0.05, 0.1) is 19.8 Å². The van der Waals surface area contributed by atoms with Crippen molar-refractivity contribution in [2.45, 2.75) is 99.0 Å². The molecule has 0 radical (unpaired) electrons. The van der Waals surface area contributed by atoms with E-state index in [4.69, 9.17) is 23.7 Å². The summed E-state index contributed by atoms with van der Waals surface area (Å²) in [7, 11) is 0. The van der Waals surface area contributed by atoms with Crippen LogP contribution < -0.4 is 5.32 Å². The number of carbonyl (C=O) groups is 1. The highest BCUT2D eigenvalue weighted by atomic mass is 16.7. The van der Waals surface area contributed by atoms with Gasteiger partial charge in [0.15, 0.2) is 18.9 Å². The minimum absolute atomic E-state index is 0.637. The second-order valence-corrected chi connectivity index (χ2v) is 9.07. The third-order valence-electron chi connectivity index (χ3n) is 6.49. The lowest BCUT2D eigenvalue weighted by Crippen LogP contribution is -2.68. The molecule has 0 saturated carbocycles. The van der Waals surface area contributed by atoms with E-state index in [1.54, 1.807) is 0 Å². The van der Waals surface area contributed by atoms with Gasteiger partial charge in [-0.25, -0.2) is 0 Å². The third-order valence-corrected chi connectivity index (χ3v) is 6.49. The van der Waals surface area contributed by atoms with Crippen LogP contribution in [0.5, 0.6) is 0 Å². The first-order valence-electron chi connectivity index (χ1n) is 11.6. The van der Waals surface area contributed by atoms with Crippen molar-refractivity contribution >= 4 is 5.91 Å². The van der Waals surface area contributed by atoms with Crippen LogP contribution in [0, 0.1) is 0 Å². The first-order valence-corrected chi connectivity index (χ1v) is 11.6. The summed E-state index contributed by atoms with van der Waals surface area (Å²) in [6.07, 6.45) is -23.3. The normalized spacial score (nSPS) is 49.0. The Morgan fingerprint density at radius 3 is 1.68 bits per heavy atom. The molecule has 3 heterocycles. The first kappa shape index (κ1) is 30.4. The van der Waals surface area contributed by atoms with Gasteiger partial charge in [-0.05, 0) is 0 Å². The Kier molecular flexibility index (Phi) is 10.5. The molecule has 0 bridgehead atoms. The maximum Gasteiger partial charge on any atom is 0.217 e. The van der Waals surface area contributed by atoms with Crippen LogP contribution in [-0.2, 0) is 28.5 Å². The Balaban J connectivity index is 1.76. The first-order chi connectivity index (χ1) is 17.4. The van der Waals surface area contributed by atoms with Crippen molar-refractivity contribution in [2.24, 2.45) is 0 Å². The maximum atomic E-state index is 11.6. The number of rotatable bonds is 8. The average molecular weight is 545 g/mol. The third kappa shape index (κ3) is 6.38. The fraction of sp³-hybridized carbons (Fsp3) is 0.950. The number of nitrogens with one attached hydrogen (secondary N) is 1. The molecule has 37 heavy (non-hydrogen) atoms. The number of aliphatic hydroxyl groups excluding tert-OH is 10. The monoisotopic (exact) mass is 545 g/mol. The van der Waals surface area contributed by atoms with Gasteiger partial charge < -0.3 is 80.1 Å². The average Bonchev–Trinajstić information content (AvgIpc) is 2.87. The fourth-order valence-corrected chi connectivity index (χ4v) is 4.46. The zero-order valence-corrected chi connectivity index (χ0v) is 19.7. The summed E-state index contributed by atoms with van der Waals surface area (Å²) in [5.74, 6) is -0.637. The van der Waals surface area contributed by atoms with Gasteiger partial charge in [-0.1, -0.05) is 0 Å². The van der Waals surface area contributed by atoms with Gasteiger partial charge in [0.2, 0.25) is 5.91 Å². The summed E-state index contributed by atoms with van der Waals surface area (Å²) in [6, 6.07) is -1.39. The molecular formula is C20H35NO16. The number of aliphatic hydroxyl groups is 10. The van der Waals surface area contributed by atoms with Gasteiger partial charge in [0.25, 0.3) is 0 Å². The molecule has 1 amide bonds. The van der Waals surface area contributed by atoms with Crippen molar-refractivity contribution in [3.63, 3.8) is 0 Å². The van der Waals surface area contributed by atoms with Crippen molar-refractivity contribution in [1.29, 1.82) is 0 Å². The zero-order chi connectivity index (χ0) is 27.6. The van der Waals surface area contributed by atoms with Crippen LogP contribution in [0.3, 0.4) is 0 Å². The molecule has 216 valence electrons. The Hall–Kier alpha value is -1.13. The Morgan fingerprint density at radius 2 is 1.14 bits per heavy atom. The number of carbonyl (C=O) groups excluding carboxylic acids is 1. The number of hydrogen-bond acceptors (Lipinski definition) is 16. The number of ether oxygens (including phenoxy) is 5.